The van der Waals surface area contributed by atoms with Crippen molar-refractivity contribution in [3.63, 3.8) is 0 Å². The van der Waals surface area contributed by atoms with Gasteiger partial charge in [-0.2, -0.15) is 0 Å². The van der Waals surface area contributed by atoms with Gasteiger partial charge in [-0.1, -0.05) is 15.9 Å². The molecule has 18 heavy (non-hydrogen) atoms. The van der Waals surface area contributed by atoms with Crippen LogP contribution < -0.4 is 10.5 Å². The molecule has 2 aromatic rings. The molecular weight excluding hydrogens is 378 g/mol. The van der Waals surface area contributed by atoms with Crippen molar-refractivity contribution >= 4 is 43.2 Å². The molecule has 0 radical (unpaired) electrons. The molecule has 1 aromatic heterocycles. The van der Waals surface area contributed by atoms with E-state index in [9.17, 15) is 0 Å². The maximum absolute atomic E-state index is 5.95. The van der Waals surface area contributed by atoms with Gasteiger partial charge in [0.15, 0.2) is 0 Å². The van der Waals surface area contributed by atoms with Crippen LogP contribution in [0, 0.1) is 0 Å². The van der Waals surface area contributed by atoms with E-state index in [1.807, 2.05) is 31.2 Å². The van der Waals surface area contributed by atoms with E-state index in [-0.39, 0.29) is 6.04 Å². The third kappa shape index (κ3) is 3.57. The maximum atomic E-state index is 5.95. The van der Waals surface area contributed by atoms with Gasteiger partial charge in [-0.05, 0) is 53.2 Å². The summed E-state index contributed by atoms with van der Waals surface area (Å²) >= 11 is 8.57. The second-order valence-corrected chi connectivity index (χ2v) is 7.43. The van der Waals surface area contributed by atoms with Gasteiger partial charge in [0.25, 0.3) is 0 Å². The summed E-state index contributed by atoms with van der Waals surface area (Å²) < 4.78 is 7.97. The number of nitrogens with two attached hydrogens (primary N) is 1. The average Bonchev–Trinajstić information content (AvgIpc) is 2.73. The molecule has 0 fully saturated rings. The Kier molecular flexibility index (Phi) is 4.84. The van der Waals surface area contributed by atoms with Crippen molar-refractivity contribution in [1.82, 2.24) is 0 Å². The molecule has 0 saturated heterocycles. The van der Waals surface area contributed by atoms with Crippen LogP contribution in [0.25, 0.3) is 0 Å². The zero-order valence-electron chi connectivity index (χ0n) is 9.82. The van der Waals surface area contributed by atoms with Crippen LogP contribution in [0.1, 0.15) is 23.4 Å². The Morgan fingerprint density at radius 2 is 2.06 bits per heavy atom. The van der Waals surface area contributed by atoms with Crippen LogP contribution in [0.15, 0.2) is 38.6 Å². The van der Waals surface area contributed by atoms with Gasteiger partial charge in [-0.3, -0.25) is 0 Å². The first-order chi connectivity index (χ1) is 8.56. The largest absolute Gasteiger partial charge is 0.488 e. The fourth-order valence-corrected chi connectivity index (χ4v) is 3.36. The highest BCUT2D eigenvalue weighted by molar-refractivity contribution is 9.11. The van der Waals surface area contributed by atoms with Crippen LogP contribution in [-0.2, 0) is 6.61 Å². The van der Waals surface area contributed by atoms with E-state index in [0.29, 0.717) is 6.61 Å². The minimum atomic E-state index is -0.0485. The van der Waals surface area contributed by atoms with Gasteiger partial charge in [0.2, 0.25) is 0 Å². The van der Waals surface area contributed by atoms with E-state index in [0.717, 1.165) is 19.6 Å². The molecule has 0 bridgehead atoms. The van der Waals surface area contributed by atoms with E-state index in [1.54, 1.807) is 11.3 Å². The SMILES string of the molecule is CC(N)c1cc(Br)ccc1OCc1ccc(Br)s1. The minimum Gasteiger partial charge on any atom is -0.488 e. The molecular formula is C13H13Br2NOS. The minimum absolute atomic E-state index is 0.0485. The Balaban J connectivity index is 2.13. The Morgan fingerprint density at radius 1 is 1.28 bits per heavy atom. The number of rotatable bonds is 4. The lowest BCUT2D eigenvalue weighted by Gasteiger charge is -2.14. The van der Waals surface area contributed by atoms with Crippen molar-refractivity contribution < 1.29 is 4.74 Å². The fourth-order valence-electron chi connectivity index (χ4n) is 1.58. The van der Waals surface area contributed by atoms with E-state index < -0.39 is 0 Å². The van der Waals surface area contributed by atoms with Crippen LogP contribution >= 0.6 is 43.2 Å². The molecule has 0 saturated carbocycles. The topological polar surface area (TPSA) is 35.2 Å². The summed E-state index contributed by atoms with van der Waals surface area (Å²) in [6, 6.07) is 9.95. The monoisotopic (exact) mass is 389 g/mol. The van der Waals surface area contributed by atoms with Gasteiger partial charge in [-0.25, -0.2) is 0 Å². The highest BCUT2D eigenvalue weighted by Gasteiger charge is 2.09. The smallest absolute Gasteiger partial charge is 0.124 e. The Bertz CT molecular complexity index is 540. The molecule has 0 aliphatic carbocycles. The zero-order chi connectivity index (χ0) is 13.1. The third-order valence-electron chi connectivity index (χ3n) is 2.46. The number of benzene rings is 1. The van der Waals surface area contributed by atoms with E-state index in [2.05, 4.69) is 37.9 Å². The van der Waals surface area contributed by atoms with Crippen molar-refractivity contribution in [2.45, 2.75) is 19.6 Å². The molecule has 0 aliphatic heterocycles. The lowest BCUT2D eigenvalue weighted by Crippen LogP contribution is -2.08. The Morgan fingerprint density at radius 3 is 2.67 bits per heavy atom. The molecule has 5 heteroatoms. The number of halogens is 2. The predicted octanol–water partition coefficient (Wildman–Crippen LogP) is 4.87. The quantitative estimate of drug-likeness (QED) is 0.807. The van der Waals surface area contributed by atoms with Crippen molar-refractivity contribution in [3.05, 3.63) is 49.0 Å². The molecule has 1 aromatic carbocycles. The van der Waals surface area contributed by atoms with Gasteiger partial charge in [-0.15, -0.1) is 11.3 Å². The van der Waals surface area contributed by atoms with Crippen molar-refractivity contribution in [3.8, 4) is 5.75 Å². The van der Waals surface area contributed by atoms with Gasteiger partial charge in [0.05, 0.1) is 3.79 Å². The third-order valence-corrected chi connectivity index (χ3v) is 4.55. The molecule has 1 atom stereocenters. The van der Waals surface area contributed by atoms with Crippen molar-refractivity contribution in [2.24, 2.45) is 5.73 Å². The predicted molar refractivity (Wildman–Crippen MR) is 83.1 cm³/mol. The molecule has 2 rings (SSSR count). The van der Waals surface area contributed by atoms with Gasteiger partial charge < -0.3 is 10.5 Å². The van der Waals surface area contributed by atoms with E-state index in [1.165, 1.54) is 4.88 Å². The van der Waals surface area contributed by atoms with Crippen molar-refractivity contribution in [1.29, 1.82) is 0 Å². The van der Waals surface area contributed by atoms with E-state index in [4.69, 9.17) is 10.5 Å². The average molecular weight is 391 g/mol. The van der Waals surface area contributed by atoms with Crippen LogP contribution in [-0.4, -0.2) is 0 Å². The first kappa shape index (κ1) is 14.1. The second kappa shape index (κ2) is 6.19. The summed E-state index contributed by atoms with van der Waals surface area (Å²) in [5.74, 6) is 0.845. The first-order valence-corrected chi connectivity index (χ1v) is 7.88. The van der Waals surface area contributed by atoms with Gasteiger partial charge >= 0.3 is 0 Å². The summed E-state index contributed by atoms with van der Waals surface area (Å²) in [7, 11) is 0. The summed E-state index contributed by atoms with van der Waals surface area (Å²) in [6.45, 7) is 2.52. The Hall–Kier alpha value is -0.360. The molecule has 1 heterocycles. The normalized spacial score (nSPS) is 12.4. The summed E-state index contributed by atoms with van der Waals surface area (Å²) in [5, 5.41) is 0. The summed E-state index contributed by atoms with van der Waals surface area (Å²) in [6.07, 6.45) is 0. The summed E-state index contributed by atoms with van der Waals surface area (Å²) in [5.41, 5.74) is 6.96. The lowest BCUT2D eigenvalue weighted by molar-refractivity contribution is 0.305. The maximum Gasteiger partial charge on any atom is 0.124 e. The molecule has 0 spiro atoms. The molecule has 2 nitrogen and oxygen atoms in total. The lowest BCUT2D eigenvalue weighted by atomic mass is 10.1. The molecule has 0 amide bonds. The van der Waals surface area contributed by atoms with Crippen LogP contribution in [0.2, 0.25) is 0 Å². The van der Waals surface area contributed by atoms with Gasteiger partial charge in [0, 0.05) is 21.0 Å². The number of ether oxygens (including phenoxy) is 1. The highest BCUT2D eigenvalue weighted by atomic mass is 79.9. The highest BCUT2D eigenvalue weighted by Crippen LogP contribution is 2.29. The first-order valence-electron chi connectivity index (χ1n) is 5.48. The van der Waals surface area contributed by atoms with Crippen LogP contribution in [0.3, 0.4) is 0 Å². The summed E-state index contributed by atoms with van der Waals surface area (Å²) in [4.78, 5) is 1.18. The number of hydrogen-bond donors (Lipinski definition) is 1. The molecule has 1 unspecified atom stereocenters. The second-order valence-electron chi connectivity index (χ2n) is 3.97. The van der Waals surface area contributed by atoms with Crippen molar-refractivity contribution in [2.75, 3.05) is 0 Å². The van der Waals surface area contributed by atoms with Gasteiger partial charge in [0.1, 0.15) is 12.4 Å². The molecule has 0 aliphatic rings. The molecule has 2 N–H and O–H groups in total. The Labute approximate surface area is 127 Å². The van der Waals surface area contributed by atoms with E-state index >= 15 is 0 Å². The number of hydrogen-bond acceptors (Lipinski definition) is 3. The molecule has 96 valence electrons. The fraction of sp³-hybridized carbons (Fsp3) is 0.231. The van der Waals surface area contributed by atoms with Crippen LogP contribution in [0.4, 0.5) is 0 Å². The standard InChI is InChI=1S/C13H13Br2NOS/c1-8(16)11-6-9(14)2-4-12(11)17-7-10-3-5-13(15)18-10/h2-6,8H,7,16H2,1H3. The number of thiophene rings is 1. The van der Waals surface area contributed by atoms with Crippen LogP contribution in [0.5, 0.6) is 5.75 Å². The zero-order valence-corrected chi connectivity index (χ0v) is 13.8.